The Bertz CT molecular complexity index is 1010. The van der Waals surface area contributed by atoms with Gasteiger partial charge in [0.25, 0.3) is 5.91 Å². The predicted octanol–water partition coefficient (Wildman–Crippen LogP) is 4.70. The van der Waals surface area contributed by atoms with Crippen LogP contribution in [-0.2, 0) is 5.54 Å². The summed E-state index contributed by atoms with van der Waals surface area (Å²) < 4.78 is 14.2. The number of halogens is 3. The molecular weight excluding hydrogens is 436 g/mol. The summed E-state index contributed by atoms with van der Waals surface area (Å²) in [5.41, 5.74) is 6.45. The largest absolute Gasteiger partial charge is 0.379 e. The van der Waals surface area contributed by atoms with Gasteiger partial charge in [-0.05, 0) is 43.2 Å². The van der Waals surface area contributed by atoms with Crippen LogP contribution in [0.5, 0.6) is 0 Å². The summed E-state index contributed by atoms with van der Waals surface area (Å²) >= 11 is 12.6. The molecule has 1 aliphatic heterocycles. The topological polar surface area (TPSA) is 93.3 Å². The Kier molecular flexibility index (Phi) is 6.45. The Hall–Kier alpha value is -2.16. The van der Waals surface area contributed by atoms with Gasteiger partial charge in [0.15, 0.2) is 16.7 Å². The molecule has 3 rings (SSSR count). The second-order valence-corrected chi connectivity index (χ2v) is 9.24. The lowest BCUT2D eigenvalue weighted by Gasteiger charge is -2.32. The van der Waals surface area contributed by atoms with Gasteiger partial charge in [-0.15, -0.1) is 0 Å². The maximum absolute atomic E-state index is 14.3. The van der Waals surface area contributed by atoms with E-state index >= 15 is 0 Å². The van der Waals surface area contributed by atoms with Crippen LogP contribution in [0.3, 0.4) is 0 Å². The van der Waals surface area contributed by atoms with Crippen molar-refractivity contribution in [2.45, 2.75) is 31.1 Å². The summed E-state index contributed by atoms with van der Waals surface area (Å²) in [5.74, 6) is -1.48. The molecule has 0 aromatic carbocycles. The highest BCUT2D eigenvalue weighted by molar-refractivity contribution is 8.14. The van der Waals surface area contributed by atoms with E-state index in [4.69, 9.17) is 28.9 Å². The van der Waals surface area contributed by atoms with Crippen molar-refractivity contribution >= 4 is 57.8 Å². The molecule has 0 aliphatic carbocycles. The zero-order valence-corrected chi connectivity index (χ0v) is 17.9. The average Bonchev–Trinajstić information content (AvgIpc) is 2.60. The van der Waals surface area contributed by atoms with Crippen LogP contribution in [-0.4, -0.2) is 26.3 Å². The van der Waals surface area contributed by atoms with Crippen LogP contribution in [0.2, 0.25) is 0 Å². The van der Waals surface area contributed by atoms with Crippen molar-refractivity contribution in [1.82, 2.24) is 9.97 Å². The molecule has 1 aliphatic rings. The zero-order chi connectivity index (χ0) is 21.2. The van der Waals surface area contributed by atoms with Crippen molar-refractivity contribution in [3.63, 3.8) is 0 Å². The van der Waals surface area contributed by atoms with Crippen LogP contribution in [0, 0.1) is 5.82 Å². The van der Waals surface area contributed by atoms with Crippen molar-refractivity contribution < 1.29 is 9.18 Å². The first-order valence-corrected chi connectivity index (χ1v) is 10.3. The summed E-state index contributed by atoms with van der Waals surface area (Å²) in [4.78, 5) is 25.3. The van der Waals surface area contributed by atoms with Crippen LogP contribution >= 0.6 is 35.0 Å². The number of hydrogen-bond acceptors (Lipinski definition) is 6. The Labute approximate surface area is 181 Å². The quantitative estimate of drug-likeness (QED) is 0.699. The minimum atomic E-state index is -0.789. The Morgan fingerprint density at radius 2 is 2.17 bits per heavy atom. The number of pyridine rings is 2. The third-order valence-corrected chi connectivity index (χ3v) is 5.41. The summed E-state index contributed by atoms with van der Waals surface area (Å²) in [6.07, 6.45) is 4.94. The van der Waals surface area contributed by atoms with Crippen molar-refractivity contribution in [3.8, 4) is 0 Å². The van der Waals surface area contributed by atoms with E-state index in [0.717, 1.165) is 12.5 Å². The normalized spacial score (nSPS) is 21.3. The zero-order valence-electron chi connectivity index (χ0n) is 15.6. The van der Waals surface area contributed by atoms with Crippen LogP contribution < -0.4 is 11.1 Å². The number of carbonyl (C=O) groups excluding carboxylic acids is 1. The van der Waals surface area contributed by atoms with Crippen LogP contribution in [0.4, 0.5) is 10.1 Å². The fraction of sp³-hybridized carbons (Fsp3) is 0.263. The highest BCUT2D eigenvalue weighted by Crippen LogP contribution is 2.38. The van der Waals surface area contributed by atoms with E-state index in [0.29, 0.717) is 22.1 Å². The molecule has 2 aromatic heterocycles. The summed E-state index contributed by atoms with van der Waals surface area (Å²) in [6, 6.07) is 4.45. The van der Waals surface area contributed by atoms with Gasteiger partial charge in [-0.3, -0.25) is 9.78 Å². The molecule has 29 heavy (non-hydrogen) atoms. The van der Waals surface area contributed by atoms with Crippen molar-refractivity contribution in [2.24, 2.45) is 10.7 Å². The number of rotatable bonds is 4. The second-order valence-electron chi connectivity index (χ2n) is 6.77. The lowest BCUT2D eigenvalue weighted by Crippen LogP contribution is -2.33. The molecule has 6 nitrogen and oxygen atoms in total. The second kappa shape index (κ2) is 8.69. The van der Waals surface area contributed by atoms with Crippen LogP contribution in [0.15, 0.2) is 40.1 Å². The molecule has 0 spiro atoms. The number of aliphatic imine (C=N–C) groups is 1. The maximum atomic E-state index is 14.3. The number of amidine groups is 1. The molecule has 0 saturated carbocycles. The van der Waals surface area contributed by atoms with Crippen LogP contribution in [0.1, 0.15) is 42.0 Å². The fourth-order valence-electron chi connectivity index (χ4n) is 3.10. The maximum Gasteiger partial charge on any atom is 0.277 e. The Balaban J connectivity index is 1.83. The lowest BCUT2D eigenvalue weighted by atomic mass is 9.91. The van der Waals surface area contributed by atoms with Crippen molar-refractivity contribution in [1.29, 1.82) is 0 Å². The van der Waals surface area contributed by atoms with Crippen LogP contribution in [0.25, 0.3) is 6.08 Å². The van der Waals surface area contributed by atoms with Gasteiger partial charge in [0.1, 0.15) is 10.0 Å². The molecule has 0 saturated heterocycles. The number of thioether (sulfide) groups is 1. The third kappa shape index (κ3) is 5.26. The molecule has 2 aromatic rings. The van der Waals surface area contributed by atoms with Gasteiger partial charge in [0.05, 0.1) is 5.69 Å². The third-order valence-electron chi connectivity index (χ3n) is 4.29. The molecule has 3 N–H and O–H groups in total. The van der Waals surface area contributed by atoms with Gasteiger partial charge >= 0.3 is 0 Å². The molecule has 0 fully saturated rings. The standard InChI is InChI=1S/C19H18Cl2FN5OS/c1-10-8-19(2,27-18(23)29-10)14-7-12(3-4-24-14)26-17(28)16-13(22)5-11(9-25-16)6-15(20)21/h3-7,9-10H,8H2,1-2H3,(H2,23,27)(H,24,26,28)/t10-,19+/m1/s1. The first-order valence-electron chi connectivity index (χ1n) is 8.64. The minimum Gasteiger partial charge on any atom is -0.379 e. The number of nitrogens with one attached hydrogen (secondary N) is 1. The Morgan fingerprint density at radius 1 is 1.41 bits per heavy atom. The molecule has 2 atom stereocenters. The fourth-order valence-corrected chi connectivity index (χ4v) is 4.43. The van der Waals surface area contributed by atoms with E-state index in [9.17, 15) is 9.18 Å². The molecule has 152 valence electrons. The lowest BCUT2D eigenvalue weighted by molar-refractivity contribution is 0.101. The summed E-state index contributed by atoms with van der Waals surface area (Å²) in [6.45, 7) is 4.01. The van der Waals surface area contributed by atoms with Gasteiger partial charge in [-0.1, -0.05) is 41.9 Å². The van der Waals surface area contributed by atoms with Gasteiger partial charge in [-0.25, -0.2) is 14.4 Å². The molecule has 0 unspecified atom stereocenters. The molecule has 1 amide bonds. The number of aromatic nitrogens is 2. The number of amides is 1. The molecule has 0 radical (unpaired) electrons. The monoisotopic (exact) mass is 453 g/mol. The van der Waals surface area contributed by atoms with Crippen molar-refractivity contribution in [2.75, 3.05) is 5.32 Å². The van der Waals surface area contributed by atoms with E-state index < -0.39 is 17.3 Å². The highest BCUT2D eigenvalue weighted by atomic mass is 35.5. The van der Waals surface area contributed by atoms with E-state index in [1.165, 1.54) is 24.0 Å². The SMILES string of the molecule is C[C@@H]1C[C@@](C)(c2cc(NC(=O)c3ncc(C=C(Cl)Cl)cc3F)ccn2)N=C(N)S1. The van der Waals surface area contributed by atoms with E-state index in [2.05, 4.69) is 27.2 Å². The van der Waals surface area contributed by atoms with Gasteiger partial charge in [0.2, 0.25) is 0 Å². The Morgan fingerprint density at radius 3 is 2.83 bits per heavy atom. The van der Waals surface area contributed by atoms with Gasteiger partial charge in [0, 0.05) is 23.3 Å². The summed E-state index contributed by atoms with van der Waals surface area (Å²) in [7, 11) is 0. The first-order chi connectivity index (χ1) is 13.7. The van der Waals surface area contributed by atoms with Gasteiger partial charge in [-0.2, -0.15) is 0 Å². The summed E-state index contributed by atoms with van der Waals surface area (Å²) in [5, 5.41) is 3.43. The number of nitrogens with two attached hydrogens (primary N) is 1. The molecule has 10 heteroatoms. The van der Waals surface area contributed by atoms with E-state index in [1.807, 2.05) is 6.92 Å². The van der Waals surface area contributed by atoms with E-state index in [1.54, 1.807) is 18.3 Å². The van der Waals surface area contributed by atoms with Gasteiger partial charge < -0.3 is 11.1 Å². The van der Waals surface area contributed by atoms with Crippen molar-refractivity contribution in [3.05, 3.63) is 57.9 Å². The molecule has 3 heterocycles. The highest BCUT2D eigenvalue weighted by Gasteiger charge is 2.34. The average molecular weight is 454 g/mol. The molecule has 0 bridgehead atoms. The number of anilines is 1. The minimum absolute atomic E-state index is 0.0417. The molecular formula is C19H18Cl2FN5OS. The number of carbonyl (C=O) groups is 1. The number of hydrogen-bond donors (Lipinski definition) is 2. The predicted molar refractivity (Wildman–Crippen MR) is 117 cm³/mol. The smallest absolute Gasteiger partial charge is 0.277 e. The number of nitrogens with zero attached hydrogens (tertiary/aromatic N) is 3. The van der Waals surface area contributed by atoms with E-state index in [-0.39, 0.29) is 15.4 Å². The first kappa shape index (κ1) is 21.5.